The van der Waals surface area contributed by atoms with E-state index < -0.39 is 29.0 Å². The summed E-state index contributed by atoms with van der Waals surface area (Å²) in [5.41, 5.74) is 7.70. The lowest BCUT2D eigenvalue weighted by atomic mass is 9.40. The summed E-state index contributed by atoms with van der Waals surface area (Å²) in [6, 6.07) is 36.2. The van der Waals surface area contributed by atoms with Crippen LogP contribution in [0.1, 0.15) is 109 Å². The van der Waals surface area contributed by atoms with Gasteiger partial charge in [-0.05, 0) is 185 Å². The van der Waals surface area contributed by atoms with Crippen molar-refractivity contribution in [1.82, 2.24) is 5.32 Å². The van der Waals surface area contributed by atoms with Crippen LogP contribution in [0.2, 0.25) is 0 Å². The van der Waals surface area contributed by atoms with E-state index in [2.05, 4.69) is 53.9 Å². The molecule has 72 heavy (non-hydrogen) atoms. The van der Waals surface area contributed by atoms with Gasteiger partial charge in [0, 0.05) is 31.2 Å². The number of phenolic OH excluding ortho intramolecular Hbond substituents is 3. The molecule has 0 heterocycles. The van der Waals surface area contributed by atoms with Crippen molar-refractivity contribution in [3.05, 3.63) is 154 Å². The smallest absolute Gasteiger partial charge is 0.316 e. The first-order valence-electron chi connectivity index (χ1n) is 25.9. The van der Waals surface area contributed by atoms with Gasteiger partial charge in [0.1, 0.15) is 18.0 Å². The molecule has 11 rings (SSSR count). The quantitative estimate of drug-likeness (QED) is 0.0927. The van der Waals surface area contributed by atoms with Gasteiger partial charge in [0.15, 0.2) is 23.0 Å². The van der Waals surface area contributed by atoms with Gasteiger partial charge in [-0.15, -0.1) is 0 Å². The Morgan fingerprint density at radius 2 is 1.53 bits per heavy atom. The zero-order valence-electron chi connectivity index (χ0n) is 41.7. The molecule has 4 N–H and O–H groups in total. The molecule has 0 amide bonds. The first-order valence-corrected chi connectivity index (χ1v) is 25.9. The topological polar surface area (TPSA) is 144 Å². The number of methoxy groups -OCH3 is 2. The molecule has 0 spiro atoms. The van der Waals surface area contributed by atoms with Gasteiger partial charge in [-0.3, -0.25) is 9.59 Å². The van der Waals surface area contributed by atoms with E-state index in [0.29, 0.717) is 43.7 Å². The highest BCUT2D eigenvalue weighted by Crippen LogP contribution is 2.70. The van der Waals surface area contributed by atoms with E-state index in [-0.39, 0.29) is 59.2 Å². The fraction of sp³-hybridized carbons (Fsp3) is 0.387. The number of ether oxygens (including phenoxy) is 4. The van der Waals surface area contributed by atoms with Crippen LogP contribution in [-0.4, -0.2) is 60.7 Å². The van der Waals surface area contributed by atoms with E-state index in [1.807, 2.05) is 73.8 Å². The molecule has 6 aromatic rings. The highest BCUT2D eigenvalue weighted by molar-refractivity contribution is 5.99. The third-order valence-electron chi connectivity index (χ3n) is 17.5. The largest absolute Gasteiger partial charge is 0.508 e. The van der Waals surface area contributed by atoms with Crippen molar-refractivity contribution in [2.75, 3.05) is 21.3 Å². The summed E-state index contributed by atoms with van der Waals surface area (Å²) >= 11 is 0. The molecule has 0 saturated heterocycles. The van der Waals surface area contributed by atoms with Gasteiger partial charge in [0.05, 0.1) is 19.6 Å². The lowest BCUT2D eigenvalue weighted by molar-refractivity contribution is -0.173. The predicted octanol–water partition coefficient (Wildman–Crippen LogP) is 11.8. The average molecular weight is 968 g/mol. The summed E-state index contributed by atoms with van der Waals surface area (Å²) in [7, 11) is 5.07. The van der Waals surface area contributed by atoms with Crippen LogP contribution in [0.3, 0.4) is 0 Å². The molecule has 5 aliphatic carbocycles. The van der Waals surface area contributed by atoms with Gasteiger partial charge >= 0.3 is 11.9 Å². The fourth-order valence-corrected chi connectivity index (χ4v) is 14.7. The van der Waals surface area contributed by atoms with Crippen molar-refractivity contribution in [1.29, 1.82) is 0 Å². The summed E-state index contributed by atoms with van der Waals surface area (Å²) in [4.78, 5) is 29.3. The SMILES string of the molecule is CNCc1cccc(-c2cc(O)cc3ccc(C4(C(=O)O[C@H]5C[C@@H]6c7cc(OC)c(O)cc7C[C@H]7CC[C@H]8c9cc(O)c(OC)cc9C[C@H]([C@H](OC(C)=O)C5)[C@]8(/C=C/c5ccccc5)[C@H]76)CCCC4)cc23)c1. The lowest BCUT2D eigenvalue weighted by Crippen LogP contribution is -2.59. The van der Waals surface area contributed by atoms with E-state index in [1.54, 1.807) is 20.3 Å². The minimum Gasteiger partial charge on any atom is -0.508 e. The van der Waals surface area contributed by atoms with Crippen molar-refractivity contribution in [3.8, 4) is 39.9 Å². The highest BCUT2D eigenvalue weighted by Gasteiger charge is 2.64. The summed E-state index contributed by atoms with van der Waals surface area (Å²) in [6.45, 7) is 2.18. The van der Waals surface area contributed by atoms with E-state index >= 15 is 4.79 Å². The van der Waals surface area contributed by atoms with Crippen molar-refractivity contribution in [3.63, 3.8) is 0 Å². The van der Waals surface area contributed by atoms with Gasteiger partial charge in [-0.2, -0.15) is 0 Å². The van der Waals surface area contributed by atoms with Crippen LogP contribution in [0.25, 0.3) is 28.0 Å². The van der Waals surface area contributed by atoms with Crippen LogP contribution in [-0.2, 0) is 43.9 Å². The zero-order chi connectivity index (χ0) is 49.9. The normalized spacial score (nSPS) is 25.9. The molecule has 0 aromatic heterocycles. The molecule has 3 fully saturated rings. The maximum atomic E-state index is 15.7. The number of benzene rings is 6. The monoisotopic (exact) mass is 967 g/mol. The van der Waals surface area contributed by atoms with Gasteiger partial charge in [-0.1, -0.05) is 85.7 Å². The highest BCUT2D eigenvalue weighted by atomic mass is 16.6. The Hall–Kier alpha value is -6.78. The van der Waals surface area contributed by atoms with E-state index in [0.717, 1.165) is 92.9 Å². The number of esters is 2. The first kappa shape index (κ1) is 47.5. The Morgan fingerprint density at radius 1 is 0.764 bits per heavy atom. The van der Waals surface area contributed by atoms with Crippen molar-refractivity contribution in [2.24, 2.45) is 23.2 Å². The van der Waals surface area contributed by atoms with E-state index in [1.165, 1.54) is 6.92 Å². The standard InChI is InChI=1S/C62H65NO9/c1-36(64)71-56-32-46(72-60(68)61(20-8-9-21-61)44-17-15-40-25-45(65)30-48(47(40)29-44)39-14-10-13-38(23-39)35-63-2)31-51-49-34-58(70-4)54(66)27-42(49)24-41-16-18-52-50-33-55(67)57(69-3)28-43(50)26-53(56)62(52,59(41)51)22-19-37-11-6-5-7-12-37/h5-7,10-15,17,19,22-23,25,27-30,33-34,41,46,51-53,56,59,63,65-67H,8-9,16,18,20-21,24,26,31-32,35H2,1-4H3/b22-19+/t41-,46+,51-,52+,53-,56-,59-,62-/m1/s1. The van der Waals surface area contributed by atoms with Gasteiger partial charge in [0.25, 0.3) is 0 Å². The first-order chi connectivity index (χ1) is 34.9. The van der Waals surface area contributed by atoms with Crippen LogP contribution >= 0.6 is 0 Å². The van der Waals surface area contributed by atoms with Crippen molar-refractivity contribution in [2.45, 2.75) is 107 Å². The summed E-state index contributed by atoms with van der Waals surface area (Å²) < 4.78 is 25.3. The number of phenols is 3. The third-order valence-corrected chi connectivity index (χ3v) is 17.5. The molecule has 372 valence electrons. The molecule has 0 aliphatic heterocycles. The maximum Gasteiger partial charge on any atom is 0.316 e. The number of carbonyl (C=O) groups excluding carboxylic acids is 2. The van der Waals surface area contributed by atoms with Crippen LogP contribution in [0.4, 0.5) is 0 Å². The van der Waals surface area contributed by atoms with Crippen LogP contribution in [0.5, 0.6) is 28.7 Å². The van der Waals surface area contributed by atoms with Gasteiger partial charge < -0.3 is 39.6 Å². The summed E-state index contributed by atoms with van der Waals surface area (Å²) in [6.07, 6.45) is 10.1. The minimum atomic E-state index is -0.931. The Balaban J connectivity index is 1.06. The minimum absolute atomic E-state index is 0.0257. The third kappa shape index (κ3) is 8.16. The average Bonchev–Trinajstić information content (AvgIpc) is 3.88. The molecule has 8 atom stereocenters. The second-order valence-corrected chi connectivity index (χ2v) is 21.3. The van der Waals surface area contributed by atoms with Crippen LogP contribution in [0.15, 0.2) is 115 Å². The Morgan fingerprint density at radius 3 is 2.29 bits per heavy atom. The van der Waals surface area contributed by atoms with Crippen LogP contribution in [0, 0.1) is 23.2 Å². The molecular formula is C62H65NO9. The van der Waals surface area contributed by atoms with Crippen molar-refractivity contribution < 1.29 is 43.9 Å². The Labute approximate surface area is 422 Å². The molecule has 10 heteroatoms. The number of allylic oxidation sites excluding steroid dienone is 1. The fourth-order valence-electron chi connectivity index (χ4n) is 14.7. The number of rotatable bonds is 11. The number of nitrogens with one attached hydrogen (secondary N) is 1. The molecule has 5 aliphatic rings. The lowest BCUT2D eigenvalue weighted by Gasteiger charge is -2.64. The van der Waals surface area contributed by atoms with E-state index in [9.17, 15) is 20.1 Å². The molecule has 3 saturated carbocycles. The number of aromatic hydroxyl groups is 3. The number of fused-ring (bicyclic) bond motifs is 5. The zero-order valence-corrected chi connectivity index (χ0v) is 41.7. The molecular weight excluding hydrogens is 903 g/mol. The summed E-state index contributed by atoms with van der Waals surface area (Å²) in [5, 5.41) is 38.8. The molecule has 0 unspecified atom stereocenters. The molecule has 0 bridgehead atoms. The number of hydrogen-bond donors (Lipinski definition) is 4. The number of hydrogen-bond acceptors (Lipinski definition) is 10. The second kappa shape index (κ2) is 19.0. The molecule has 10 nitrogen and oxygen atoms in total. The van der Waals surface area contributed by atoms with Gasteiger partial charge in [-0.25, -0.2) is 0 Å². The Kier molecular flexibility index (Phi) is 12.5. The Bertz CT molecular complexity index is 3080. The van der Waals surface area contributed by atoms with Gasteiger partial charge in [0.2, 0.25) is 0 Å². The molecule has 6 aromatic carbocycles. The van der Waals surface area contributed by atoms with E-state index in [4.69, 9.17) is 18.9 Å². The maximum absolute atomic E-state index is 15.7. The van der Waals surface area contributed by atoms with Crippen LogP contribution < -0.4 is 14.8 Å². The molecule has 0 radical (unpaired) electrons. The van der Waals surface area contributed by atoms with Crippen molar-refractivity contribution >= 4 is 28.8 Å². The summed E-state index contributed by atoms with van der Waals surface area (Å²) in [5.74, 6) is 0.172. The predicted molar refractivity (Wildman–Crippen MR) is 278 cm³/mol. The number of carbonyl (C=O) groups is 2. The second-order valence-electron chi connectivity index (χ2n) is 21.3.